The Morgan fingerprint density at radius 1 is 0.545 bits per heavy atom. The molecule has 0 aliphatic rings. The van der Waals surface area contributed by atoms with Crippen LogP contribution in [0.4, 0.5) is 76.8 Å². The number of thioether (sulfide) groups is 1. The number of hydrogen-bond acceptors (Lipinski definition) is 44. The second-order valence-corrected chi connectivity index (χ2v) is 23.6. The molecule has 0 aliphatic carbocycles. The van der Waals surface area contributed by atoms with Gasteiger partial charge in [-0.15, -0.1) is 12.6 Å². The molecule has 4 atom stereocenters. The fourth-order valence-electron chi connectivity index (χ4n) is 6.60. The van der Waals surface area contributed by atoms with Crippen molar-refractivity contribution in [2.75, 3.05) is 148 Å². The summed E-state index contributed by atoms with van der Waals surface area (Å²) in [5, 5.41) is 56.8. The van der Waals surface area contributed by atoms with Crippen LogP contribution in [0.2, 0.25) is 0 Å². The van der Waals surface area contributed by atoms with E-state index in [9.17, 15) is 21.6 Å². The van der Waals surface area contributed by atoms with E-state index in [2.05, 4.69) is 113 Å². The summed E-state index contributed by atoms with van der Waals surface area (Å²) in [6, 6.07) is 11.9. The van der Waals surface area contributed by atoms with Crippen LogP contribution in [-0.2, 0) is 40.4 Å². The van der Waals surface area contributed by atoms with Crippen LogP contribution in [0.5, 0.6) is 0 Å². The van der Waals surface area contributed by atoms with Gasteiger partial charge < -0.3 is 119 Å². The predicted molar refractivity (Wildman–Crippen MR) is 368 cm³/mol. The molecule has 0 amide bonds. The highest BCUT2D eigenvalue weighted by molar-refractivity contribution is 7.99. The highest BCUT2D eigenvalue weighted by Gasteiger charge is 2.17. The lowest BCUT2D eigenvalue weighted by atomic mass is 10.2. The molecule has 0 saturated carbocycles. The van der Waals surface area contributed by atoms with Gasteiger partial charge in [0.2, 0.25) is 65.4 Å². The lowest BCUT2D eigenvalue weighted by molar-refractivity contribution is -0.191. The summed E-state index contributed by atoms with van der Waals surface area (Å²) in [5.41, 5.74) is 45.5. The largest absolute Gasteiger partial charge is 0.478 e. The lowest BCUT2D eigenvalue weighted by Gasteiger charge is -2.21. The standard InChI is InChI=1S/C14H20N8O2.C13H20N8O3S.C11H24N8O2.C10H21N7O3S2.CO2.O3S/c1-8(16)18-13-20-12(17-6-5-15)21-14(22-13)19-10-4-2-3-9(7-10)11(23)24;1-8(15)17-12-19-11(16-6-5-14)20-13(21-12)18-9-3-2-4-10(7-9)25(22,23)24;1-8(13)15-10-16-9(14-3-2-12)17-11(18-10)19(4-6-20)5-7-21;1-7(12)14-9-15-8(13-4-3-11)16-10(17-9)21-5-2-6-22(18,19)20;2-1-3;1-4(2)3/h2-4,7-8H,5-6,15-16H2,1H3,(H,23,24)(H3,17,18,19,20,21,22);2-4,7-8H,5-6,14-15H2,1H3,(H,22,23,24)(H3,16,17,18,19,20,21);8,20-21H,2-7,12-13H2,1H3,(H2,14,15,16,17,18);7H,2-6,11-12H2,1H3,(H,18,19,20)(H2,13,14,15,16,17);;. The summed E-state index contributed by atoms with van der Waals surface area (Å²) in [6.07, 6.45) is -0.858. The minimum absolute atomic E-state index is 0.0761. The maximum atomic E-state index is 11.2. The zero-order valence-corrected chi connectivity index (χ0v) is 57.2. The number of carbonyl (C=O) groups is 1. The van der Waals surface area contributed by atoms with Gasteiger partial charge in [0, 0.05) is 82.6 Å². The average Bonchev–Trinajstić information content (AvgIpc) is 0.860. The molecule has 6 rings (SSSR count). The molecule has 4 aromatic heterocycles. The van der Waals surface area contributed by atoms with E-state index < -0.39 is 36.8 Å². The van der Waals surface area contributed by atoms with E-state index in [0.717, 1.165) is 0 Å². The number of aromatic nitrogens is 12. The van der Waals surface area contributed by atoms with Gasteiger partial charge in [0.25, 0.3) is 20.2 Å². The van der Waals surface area contributed by atoms with E-state index in [1.807, 2.05) is 0 Å². The smallest absolute Gasteiger partial charge is 0.425 e. The molecule has 0 aliphatic heterocycles. The third kappa shape index (κ3) is 41.4. The van der Waals surface area contributed by atoms with E-state index >= 15 is 0 Å². The molecular weight excluding hydrogens is 1390 g/mol. The van der Waals surface area contributed by atoms with Crippen molar-refractivity contribution in [2.45, 2.75) is 68.8 Å². The van der Waals surface area contributed by atoms with Crippen LogP contribution in [0.15, 0.2) is 58.6 Å². The second-order valence-electron chi connectivity index (χ2n) is 19.1. The van der Waals surface area contributed by atoms with Crippen LogP contribution >= 0.6 is 11.8 Å². The van der Waals surface area contributed by atoms with Gasteiger partial charge in [-0.3, -0.25) is 9.11 Å². The number of carbonyl (C=O) groups excluding carboxylic acids is 2. The number of nitrogens with one attached hydrogen (secondary N) is 10. The number of anilines is 13. The van der Waals surface area contributed by atoms with Crippen LogP contribution in [0.1, 0.15) is 44.5 Å². The van der Waals surface area contributed by atoms with Gasteiger partial charge in [-0.25, -0.2) is 4.79 Å². The van der Waals surface area contributed by atoms with Gasteiger partial charge in [-0.2, -0.15) is 86.2 Å². The number of aromatic carboxylic acids is 1. The maximum Gasteiger partial charge on any atom is 0.425 e. The number of carboxylic acid groups (broad SMARTS) is 1. The molecule has 0 bridgehead atoms. The summed E-state index contributed by atoms with van der Waals surface area (Å²) >= 11 is 1.26. The first-order valence-corrected chi connectivity index (χ1v) is 34.0. The molecular formula is C49H85N31O15S4. The molecule has 6 aromatic rings. The molecule has 4 unspecified atom stereocenters. The van der Waals surface area contributed by atoms with Gasteiger partial charge in [0.05, 0.1) is 54.1 Å². The summed E-state index contributed by atoms with van der Waals surface area (Å²) in [7, 11) is -11.4. The number of aliphatic hydroxyl groups is 2. The van der Waals surface area contributed by atoms with Crippen molar-refractivity contribution in [3.8, 4) is 0 Å². The zero-order valence-electron chi connectivity index (χ0n) is 53.9. The van der Waals surface area contributed by atoms with Gasteiger partial charge in [0.15, 0.2) is 5.16 Å². The van der Waals surface area contributed by atoms with Crippen molar-refractivity contribution in [2.24, 2.45) is 45.9 Å². The van der Waals surface area contributed by atoms with E-state index in [4.69, 9.17) is 92.5 Å². The normalized spacial score (nSPS) is 11.7. The van der Waals surface area contributed by atoms with E-state index in [0.29, 0.717) is 123 Å². The van der Waals surface area contributed by atoms with Crippen molar-refractivity contribution >= 4 is 132 Å². The lowest BCUT2D eigenvalue weighted by Crippen LogP contribution is -2.33. The Kier molecular flexibility index (Phi) is 42.7. The minimum atomic E-state index is -4.31. The molecule has 31 N–H and O–H groups in total. The topological polar surface area (TPSA) is 758 Å². The Morgan fingerprint density at radius 3 is 1.25 bits per heavy atom. The number of nitrogens with two attached hydrogens (primary N) is 8. The Morgan fingerprint density at radius 2 is 0.879 bits per heavy atom. The minimum Gasteiger partial charge on any atom is -0.478 e. The van der Waals surface area contributed by atoms with Gasteiger partial charge in [0.1, 0.15) is 0 Å². The van der Waals surface area contributed by atoms with Crippen LogP contribution in [0.3, 0.4) is 0 Å². The first-order chi connectivity index (χ1) is 46.8. The molecule has 550 valence electrons. The maximum absolute atomic E-state index is 11.2. The van der Waals surface area contributed by atoms with Crippen molar-refractivity contribution in [1.29, 1.82) is 0 Å². The molecule has 4 heterocycles. The van der Waals surface area contributed by atoms with E-state index in [1.165, 1.54) is 42.1 Å². The molecule has 46 nitrogen and oxygen atoms in total. The van der Waals surface area contributed by atoms with Crippen LogP contribution in [0.25, 0.3) is 0 Å². The fraction of sp³-hybridized carbons (Fsp3) is 0.469. The van der Waals surface area contributed by atoms with Crippen molar-refractivity contribution < 1.29 is 68.3 Å². The summed E-state index contributed by atoms with van der Waals surface area (Å²) in [4.78, 5) is 79.0. The summed E-state index contributed by atoms with van der Waals surface area (Å²) in [6.45, 7) is 11.1. The second kappa shape index (κ2) is 48.3. The van der Waals surface area contributed by atoms with Crippen molar-refractivity contribution in [1.82, 2.24) is 59.8 Å². The summed E-state index contributed by atoms with van der Waals surface area (Å²) in [5.74, 6) is 2.36. The van der Waals surface area contributed by atoms with E-state index in [-0.39, 0.29) is 96.4 Å². The Hall–Kier alpha value is -9.48. The van der Waals surface area contributed by atoms with E-state index in [1.54, 1.807) is 50.8 Å². The molecule has 0 spiro atoms. The zero-order chi connectivity index (χ0) is 74.5. The Labute approximate surface area is 574 Å². The predicted octanol–water partition coefficient (Wildman–Crippen LogP) is -4.16. The van der Waals surface area contributed by atoms with Crippen LogP contribution in [0, 0.1) is 0 Å². The number of aliphatic hydroxyl groups excluding tert-OH is 2. The number of nitrogens with zero attached hydrogens (tertiary/aromatic N) is 13. The molecule has 0 fully saturated rings. The van der Waals surface area contributed by atoms with Crippen molar-refractivity contribution in [3.63, 3.8) is 0 Å². The monoisotopic (exact) mass is 1480 g/mol. The highest BCUT2D eigenvalue weighted by atomic mass is 32.2. The first-order valence-electron chi connectivity index (χ1n) is 28.9. The summed E-state index contributed by atoms with van der Waals surface area (Å²) < 4.78 is 86.9. The van der Waals surface area contributed by atoms with Crippen LogP contribution < -0.4 is 104 Å². The SMILES string of the molecule is CC(N)Nc1nc(NCCN)nc(N(CCO)CCO)n1.CC(N)Nc1nc(NCCN)nc(Nc2cccc(C(=O)O)c2)n1.CC(N)Nc1nc(NCCN)nc(Nc2cccc(S(=O)(=O)O)c2)n1.CC(N)Nc1nc(NCCN)nc(SCCCS(=O)(=O)O)n1.O=C=O.O=S(=O)=O. The third-order valence-electron chi connectivity index (χ3n) is 10.2. The number of benzene rings is 2. The average molecular weight is 1480 g/mol. The molecule has 0 saturated heterocycles. The first kappa shape index (κ1) is 87.5. The number of carboxylic acids is 1. The number of rotatable bonds is 36. The Bertz CT molecular complexity index is 3730. The Balaban J connectivity index is 0.000000640. The quantitative estimate of drug-likeness (QED) is 0.00768. The molecule has 50 heteroatoms. The number of hydrogen-bond donors (Lipinski definition) is 23. The van der Waals surface area contributed by atoms with Crippen LogP contribution in [-0.4, -0.2) is 241 Å². The van der Waals surface area contributed by atoms with Gasteiger partial charge in [-0.1, -0.05) is 23.9 Å². The highest BCUT2D eigenvalue weighted by Crippen LogP contribution is 2.22. The van der Waals surface area contributed by atoms with Gasteiger partial charge >= 0.3 is 22.7 Å². The molecule has 0 radical (unpaired) electrons. The van der Waals surface area contributed by atoms with Crippen molar-refractivity contribution in [3.05, 3.63) is 54.1 Å². The fourth-order valence-corrected chi connectivity index (χ4v) is 8.59. The third-order valence-corrected chi connectivity index (χ3v) is 12.8. The van der Waals surface area contributed by atoms with Gasteiger partial charge in [-0.05, 0) is 70.5 Å². The molecule has 99 heavy (non-hydrogen) atoms. The molecule has 2 aromatic carbocycles.